The van der Waals surface area contributed by atoms with Crippen molar-refractivity contribution < 1.29 is 8.42 Å². The van der Waals surface area contributed by atoms with Gasteiger partial charge in [-0.25, -0.2) is 13.1 Å². The number of halogens is 1. The number of fused-ring (bicyclic) bond motifs is 1. The monoisotopic (exact) mass is 474 g/mol. The minimum Gasteiger partial charge on any atom is -0.211 e. The maximum atomic E-state index is 13.2. The molecule has 4 nitrogen and oxygen atoms in total. The first-order chi connectivity index (χ1) is 15.9. The van der Waals surface area contributed by atoms with E-state index < -0.39 is 10.0 Å². The smallest absolute Gasteiger partial charge is 0.211 e. The summed E-state index contributed by atoms with van der Waals surface area (Å²) in [4.78, 5) is 0.227. The molecule has 2 atom stereocenters. The van der Waals surface area contributed by atoms with Crippen LogP contribution in [0.3, 0.4) is 0 Å². The van der Waals surface area contributed by atoms with E-state index in [0.717, 1.165) is 21.9 Å². The van der Waals surface area contributed by atoms with Crippen LogP contribution < -0.4 is 4.72 Å². The summed E-state index contributed by atoms with van der Waals surface area (Å²) in [6.07, 6.45) is 0. The van der Waals surface area contributed by atoms with Gasteiger partial charge < -0.3 is 0 Å². The molecule has 0 saturated carbocycles. The Balaban J connectivity index is 1.65. The van der Waals surface area contributed by atoms with Crippen LogP contribution in [0.15, 0.2) is 95.9 Å². The van der Waals surface area contributed by atoms with Crippen LogP contribution in [0.25, 0.3) is 10.8 Å². The summed E-state index contributed by atoms with van der Waals surface area (Å²) < 4.78 is 29.1. The lowest BCUT2D eigenvalue weighted by Gasteiger charge is -2.26. The Labute approximate surface area is 199 Å². The molecule has 0 heterocycles. The maximum Gasteiger partial charge on any atom is 0.240 e. The third-order valence-electron chi connectivity index (χ3n) is 5.97. The van der Waals surface area contributed by atoms with Crippen molar-refractivity contribution in [1.29, 1.82) is 5.26 Å². The van der Waals surface area contributed by atoms with Gasteiger partial charge in [-0.2, -0.15) is 5.26 Å². The lowest BCUT2D eigenvalue weighted by Crippen LogP contribution is -2.30. The molecule has 4 aromatic rings. The fraction of sp³-hybridized carbons (Fsp3) is 0.148. The summed E-state index contributed by atoms with van der Waals surface area (Å²) in [6, 6.07) is 29.8. The highest BCUT2D eigenvalue weighted by atomic mass is 35.5. The van der Waals surface area contributed by atoms with Gasteiger partial charge in [0.1, 0.15) is 0 Å². The number of hydrogen-bond donors (Lipinski definition) is 1. The third kappa shape index (κ3) is 5.26. The number of benzene rings is 4. The molecule has 0 bridgehead atoms. The number of nitrogens with zero attached hydrogens (tertiary/aromatic N) is 1. The second kappa shape index (κ2) is 9.76. The van der Waals surface area contributed by atoms with Crippen molar-refractivity contribution in [1.82, 2.24) is 4.72 Å². The van der Waals surface area contributed by atoms with Crippen LogP contribution in [0.2, 0.25) is 5.02 Å². The average molecular weight is 475 g/mol. The van der Waals surface area contributed by atoms with Crippen LogP contribution in [-0.4, -0.2) is 15.0 Å². The number of sulfonamides is 1. The lowest BCUT2D eigenvalue weighted by atomic mass is 9.82. The molecule has 0 radical (unpaired) electrons. The Kier molecular flexibility index (Phi) is 6.80. The Morgan fingerprint density at radius 3 is 2.33 bits per heavy atom. The molecule has 0 aliphatic heterocycles. The van der Waals surface area contributed by atoms with E-state index in [4.69, 9.17) is 11.6 Å². The van der Waals surface area contributed by atoms with E-state index in [1.165, 1.54) is 0 Å². The van der Waals surface area contributed by atoms with E-state index >= 15 is 0 Å². The quantitative estimate of drug-likeness (QED) is 0.345. The van der Waals surface area contributed by atoms with Gasteiger partial charge >= 0.3 is 0 Å². The zero-order valence-electron chi connectivity index (χ0n) is 18.1. The van der Waals surface area contributed by atoms with Gasteiger partial charge in [-0.1, -0.05) is 73.1 Å². The first-order valence-electron chi connectivity index (χ1n) is 10.6. The van der Waals surface area contributed by atoms with Gasteiger partial charge in [0.25, 0.3) is 0 Å². The second-order valence-electron chi connectivity index (χ2n) is 8.04. The number of nitriles is 1. The fourth-order valence-electron chi connectivity index (χ4n) is 4.04. The average Bonchev–Trinajstić information content (AvgIpc) is 2.84. The maximum absolute atomic E-state index is 13.2. The van der Waals surface area contributed by atoms with E-state index in [9.17, 15) is 13.7 Å². The summed E-state index contributed by atoms with van der Waals surface area (Å²) in [6.45, 7) is 2.24. The first kappa shape index (κ1) is 23.0. The molecule has 0 aromatic heterocycles. The number of nitrogens with one attached hydrogen (secondary N) is 1. The molecule has 0 aliphatic rings. The summed E-state index contributed by atoms with van der Waals surface area (Å²) >= 11 is 6.06. The predicted molar refractivity (Wildman–Crippen MR) is 133 cm³/mol. The molecule has 2 unspecified atom stereocenters. The van der Waals surface area contributed by atoms with Gasteiger partial charge in [0, 0.05) is 17.5 Å². The molecule has 0 saturated heterocycles. The van der Waals surface area contributed by atoms with Crippen molar-refractivity contribution in [3.05, 3.63) is 113 Å². The van der Waals surface area contributed by atoms with Crippen LogP contribution in [0.1, 0.15) is 35.4 Å². The van der Waals surface area contributed by atoms with Crippen LogP contribution in [0.5, 0.6) is 0 Å². The normalized spacial score (nSPS) is 13.4. The molecule has 166 valence electrons. The fourth-order valence-corrected chi connectivity index (χ4v) is 5.26. The number of rotatable bonds is 7. The van der Waals surface area contributed by atoms with Crippen LogP contribution in [0.4, 0.5) is 0 Å². The van der Waals surface area contributed by atoms with E-state index in [2.05, 4.69) is 17.7 Å². The van der Waals surface area contributed by atoms with E-state index in [1.54, 1.807) is 18.2 Å². The molecule has 33 heavy (non-hydrogen) atoms. The van der Waals surface area contributed by atoms with Gasteiger partial charge in [0.05, 0.1) is 16.5 Å². The van der Waals surface area contributed by atoms with Crippen molar-refractivity contribution in [2.75, 3.05) is 6.54 Å². The van der Waals surface area contributed by atoms with Crippen LogP contribution in [-0.2, 0) is 10.0 Å². The van der Waals surface area contributed by atoms with E-state index in [0.29, 0.717) is 10.6 Å². The van der Waals surface area contributed by atoms with Crippen molar-refractivity contribution >= 4 is 32.4 Å². The van der Waals surface area contributed by atoms with Gasteiger partial charge in [0.15, 0.2) is 0 Å². The van der Waals surface area contributed by atoms with Crippen molar-refractivity contribution in [3.63, 3.8) is 0 Å². The van der Waals surface area contributed by atoms with Gasteiger partial charge in [-0.05, 0) is 64.2 Å². The minimum absolute atomic E-state index is 0.0180. The molecule has 4 rings (SSSR count). The van der Waals surface area contributed by atoms with Gasteiger partial charge in [-0.15, -0.1) is 0 Å². The van der Waals surface area contributed by atoms with Gasteiger partial charge in [-0.3, -0.25) is 0 Å². The molecule has 0 fully saturated rings. The van der Waals surface area contributed by atoms with E-state index in [-0.39, 0.29) is 23.3 Å². The Hall–Kier alpha value is -3.17. The Morgan fingerprint density at radius 1 is 0.879 bits per heavy atom. The summed E-state index contributed by atoms with van der Waals surface area (Å²) in [5.74, 6) is -0.204. The highest BCUT2D eigenvalue weighted by molar-refractivity contribution is 7.89. The highest BCUT2D eigenvalue weighted by Crippen LogP contribution is 2.34. The molecular formula is C27H23ClN2O2S. The highest BCUT2D eigenvalue weighted by Gasteiger charge is 2.24. The molecule has 0 aliphatic carbocycles. The lowest BCUT2D eigenvalue weighted by molar-refractivity contribution is 0.539. The molecule has 6 heteroatoms. The second-order valence-corrected chi connectivity index (χ2v) is 10.2. The first-order valence-corrected chi connectivity index (χ1v) is 12.5. The molecule has 4 aromatic carbocycles. The van der Waals surface area contributed by atoms with E-state index in [1.807, 2.05) is 72.8 Å². The summed E-state index contributed by atoms with van der Waals surface area (Å²) in [5, 5.41) is 11.8. The van der Waals surface area contributed by atoms with Crippen molar-refractivity contribution in [3.8, 4) is 6.07 Å². The zero-order valence-corrected chi connectivity index (χ0v) is 19.6. The summed E-state index contributed by atoms with van der Waals surface area (Å²) in [5.41, 5.74) is 2.48. The van der Waals surface area contributed by atoms with Crippen LogP contribution >= 0.6 is 11.6 Å². The predicted octanol–water partition coefficient (Wildman–Crippen LogP) is 6.23. The molecule has 0 spiro atoms. The zero-order chi connectivity index (χ0) is 23.4. The van der Waals surface area contributed by atoms with Crippen LogP contribution in [0, 0.1) is 11.3 Å². The SMILES string of the molecule is CC(c1ccc(Cl)cc1)C(CNS(=O)(=O)c1ccc2ccccc2c1)c1cccc(C#N)c1. The minimum atomic E-state index is -3.73. The summed E-state index contributed by atoms with van der Waals surface area (Å²) in [7, 11) is -3.73. The Bertz CT molecular complexity index is 1430. The third-order valence-corrected chi connectivity index (χ3v) is 7.64. The molecule has 0 amide bonds. The topological polar surface area (TPSA) is 70.0 Å². The number of hydrogen-bond acceptors (Lipinski definition) is 3. The standard InChI is InChI=1S/C27H23ClN2O2S/c1-19(21-9-12-25(28)13-10-21)27(24-8-4-5-20(15-24)17-29)18-30-33(31,32)26-14-11-22-6-2-3-7-23(22)16-26/h2-16,19,27,30H,18H2,1H3. The largest absolute Gasteiger partial charge is 0.240 e. The Morgan fingerprint density at radius 2 is 1.61 bits per heavy atom. The van der Waals surface area contributed by atoms with Crippen molar-refractivity contribution in [2.24, 2.45) is 0 Å². The van der Waals surface area contributed by atoms with Crippen molar-refractivity contribution in [2.45, 2.75) is 23.7 Å². The van der Waals surface area contributed by atoms with Gasteiger partial charge in [0.2, 0.25) is 10.0 Å². The molecular weight excluding hydrogens is 452 g/mol. The molecule has 1 N–H and O–H groups in total.